The normalized spacial score (nSPS) is 23.1. The zero-order chi connectivity index (χ0) is 14.7. The van der Waals surface area contributed by atoms with Gasteiger partial charge in [0.25, 0.3) is 11.8 Å². The second kappa shape index (κ2) is 6.28. The fourth-order valence-electron chi connectivity index (χ4n) is 2.61. The van der Waals surface area contributed by atoms with E-state index < -0.39 is 6.10 Å². The number of hydrogen-bond donors (Lipinski definition) is 1. The van der Waals surface area contributed by atoms with Gasteiger partial charge in [-0.25, -0.2) is 0 Å². The summed E-state index contributed by atoms with van der Waals surface area (Å²) in [6, 6.07) is 3.35. The van der Waals surface area contributed by atoms with Crippen molar-refractivity contribution in [1.82, 2.24) is 15.1 Å². The van der Waals surface area contributed by atoms with Crippen LogP contribution in [0.15, 0.2) is 22.8 Å². The molecule has 2 amide bonds. The number of furan rings is 1. The van der Waals surface area contributed by atoms with E-state index in [1.807, 2.05) is 0 Å². The van der Waals surface area contributed by atoms with Crippen molar-refractivity contribution in [3.8, 4) is 0 Å². The number of nitrogens with zero attached hydrogens (tertiary/aromatic N) is 2. The van der Waals surface area contributed by atoms with Crippen LogP contribution in [0.3, 0.4) is 0 Å². The van der Waals surface area contributed by atoms with Crippen molar-refractivity contribution in [2.75, 3.05) is 45.9 Å². The number of amides is 2. The Morgan fingerprint density at radius 2 is 1.95 bits per heavy atom. The van der Waals surface area contributed by atoms with Crippen LogP contribution in [0.4, 0.5) is 0 Å². The van der Waals surface area contributed by atoms with Gasteiger partial charge in [-0.15, -0.1) is 0 Å². The molecule has 1 atom stereocenters. The van der Waals surface area contributed by atoms with Gasteiger partial charge in [0.2, 0.25) is 0 Å². The van der Waals surface area contributed by atoms with Crippen LogP contribution in [-0.4, -0.2) is 73.6 Å². The zero-order valence-corrected chi connectivity index (χ0v) is 11.8. The van der Waals surface area contributed by atoms with Gasteiger partial charge in [0.15, 0.2) is 5.76 Å². The van der Waals surface area contributed by atoms with E-state index in [1.165, 1.54) is 6.26 Å². The van der Waals surface area contributed by atoms with Gasteiger partial charge in [-0.2, -0.15) is 0 Å². The molecule has 21 heavy (non-hydrogen) atoms. The fraction of sp³-hybridized carbons (Fsp3) is 0.571. The molecule has 7 nitrogen and oxygen atoms in total. The van der Waals surface area contributed by atoms with E-state index >= 15 is 0 Å². The summed E-state index contributed by atoms with van der Waals surface area (Å²) in [5.41, 5.74) is 0. The van der Waals surface area contributed by atoms with Crippen LogP contribution in [0.5, 0.6) is 0 Å². The molecule has 2 aliphatic rings. The lowest BCUT2D eigenvalue weighted by atomic mass is 10.2. The average molecular weight is 293 g/mol. The summed E-state index contributed by atoms with van der Waals surface area (Å²) in [5.74, 6) is 0.226. The first kappa shape index (κ1) is 14.1. The van der Waals surface area contributed by atoms with Gasteiger partial charge in [-0.05, 0) is 12.1 Å². The van der Waals surface area contributed by atoms with Gasteiger partial charge >= 0.3 is 0 Å². The van der Waals surface area contributed by atoms with E-state index in [0.29, 0.717) is 45.1 Å². The Bertz CT molecular complexity index is 488. The van der Waals surface area contributed by atoms with Crippen molar-refractivity contribution in [2.24, 2.45) is 0 Å². The summed E-state index contributed by atoms with van der Waals surface area (Å²) in [4.78, 5) is 27.9. The summed E-state index contributed by atoms with van der Waals surface area (Å²) in [7, 11) is 0. The maximum Gasteiger partial charge on any atom is 0.289 e. The Hall–Kier alpha value is -1.86. The molecule has 2 aliphatic heterocycles. The maximum absolute atomic E-state index is 12.3. The van der Waals surface area contributed by atoms with Crippen LogP contribution in [-0.2, 0) is 9.53 Å². The molecule has 3 heterocycles. The van der Waals surface area contributed by atoms with Crippen molar-refractivity contribution in [3.05, 3.63) is 24.2 Å². The largest absolute Gasteiger partial charge is 0.459 e. The lowest BCUT2D eigenvalue weighted by molar-refractivity contribution is -0.146. The highest BCUT2D eigenvalue weighted by Gasteiger charge is 2.31. The number of ether oxygens (including phenoxy) is 1. The van der Waals surface area contributed by atoms with E-state index in [2.05, 4.69) is 5.32 Å². The molecule has 0 aromatic carbocycles. The molecule has 0 bridgehead atoms. The second-order valence-corrected chi connectivity index (χ2v) is 5.16. The maximum atomic E-state index is 12.3. The van der Waals surface area contributed by atoms with E-state index in [-0.39, 0.29) is 11.8 Å². The summed E-state index contributed by atoms with van der Waals surface area (Å²) in [6.07, 6.45) is 1.09. The number of carbonyl (C=O) groups is 2. The van der Waals surface area contributed by atoms with Gasteiger partial charge in [0, 0.05) is 39.3 Å². The lowest BCUT2D eigenvalue weighted by Crippen LogP contribution is -2.55. The molecule has 114 valence electrons. The molecule has 1 aromatic rings. The first-order valence-electron chi connectivity index (χ1n) is 7.19. The van der Waals surface area contributed by atoms with Crippen molar-refractivity contribution in [3.63, 3.8) is 0 Å². The molecular formula is C14H19N3O4. The Balaban J connectivity index is 1.52. The van der Waals surface area contributed by atoms with Crippen LogP contribution < -0.4 is 5.32 Å². The number of carbonyl (C=O) groups excluding carboxylic acids is 2. The minimum atomic E-state index is -0.397. The molecule has 7 heteroatoms. The molecule has 2 fully saturated rings. The Morgan fingerprint density at radius 1 is 1.19 bits per heavy atom. The monoisotopic (exact) mass is 293 g/mol. The van der Waals surface area contributed by atoms with Gasteiger partial charge in [0.1, 0.15) is 6.10 Å². The molecular weight excluding hydrogens is 274 g/mol. The first-order chi connectivity index (χ1) is 10.3. The first-order valence-corrected chi connectivity index (χ1v) is 7.19. The molecule has 2 saturated heterocycles. The summed E-state index contributed by atoms with van der Waals surface area (Å²) in [5, 5.41) is 3.15. The minimum Gasteiger partial charge on any atom is -0.459 e. The molecule has 0 unspecified atom stereocenters. The molecule has 1 aromatic heterocycles. The molecule has 0 spiro atoms. The second-order valence-electron chi connectivity index (χ2n) is 5.16. The SMILES string of the molecule is O=C(c1ccco1)N1CCN(C(=O)[C@H]2CNCCO2)CC1. The van der Waals surface area contributed by atoms with Crippen LogP contribution in [0.2, 0.25) is 0 Å². The Kier molecular flexibility index (Phi) is 4.21. The summed E-state index contributed by atoms with van der Waals surface area (Å²) >= 11 is 0. The van der Waals surface area contributed by atoms with Gasteiger partial charge in [0.05, 0.1) is 12.9 Å². The highest BCUT2D eigenvalue weighted by Crippen LogP contribution is 2.11. The van der Waals surface area contributed by atoms with Crippen molar-refractivity contribution >= 4 is 11.8 Å². The predicted molar refractivity (Wildman–Crippen MR) is 73.8 cm³/mol. The van der Waals surface area contributed by atoms with Crippen molar-refractivity contribution < 1.29 is 18.7 Å². The number of hydrogen-bond acceptors (Lipinski definition) is 5. The number of rotatable bonds is 2. The Labute approximate surface area is 122 Å². The summed E-state index contributed by atoms with van der Waals surface area (Å²) in [6.45, 7) is 4.01. The van der Waals surface area contributed by atoms with Gasteiger partial charge in [-0.1, -0.05) is 0 Å². The van der Waals surface area contributed by atoms with E-state index in [0.717, 1.165) is 6.54 Å². The number of piperazine rings is 1. The van der Waals surface area contributed by atoms with Crippen molar-refractivity contribution in [1.29, 1.82) is 0 Å². The zero-order valence-electron chi connectivity index (χ0n) is 11.8. The van der Waals surface area contributed by atoms with Crippen molar-refractivity contribution in [2.45, 2.75) is 6.10 Å². The molecule has 0 saturated carbocycles. The third kappa shape index (κ3) is 3.08. The van der Waals surface area contributed by atoms with Crippen LogP contribution in [0.25, 0.3) is 0 Å². The number of nitrogens with one attached hydrogen (secondary N) is 1. The van der Waals surface area contributed by atoms with Crippen LogP contribution in [0, 0.1) is 0 Å². The van der Waals surface area contributed by atoms with E-state index in [1.54, 1.807) is 21.9 Å². The average Bonchev–Trinajstić information content (AvgIpc) is 3.09. The minimum absolute atomic E-state index is 0.00676. The smallest absolute Gasteiger partial charge is 0.289 e. The number of morpholine rings is 1. The molecule has 0 radical (unpaired) electrons. The van der Waals surface area contributed by atoms with Gasteiger partial charge in [-0.3, -0.25) is 9.59 Å². The lowest BCUT2D eigenvalue weighted by Gasteiger charge is -2.36. The molecule has 0 aliphatic carbocycles. The standard InChI is InChI=1S/C14H19N3O4/c18-13(11-2-1-8-20-11)16-4-6-17(7-5-16)14(19)12-10-15-3-9-21-12/h1-2,8,12,15H,3-7,9-10H2/t12-/m1/s1. The molecule has 3 rings (SSSR count). The van der Waals surface area contributed by atoms with Crippen LogP contribution >= 0.6 is 0 Å². The van der Waals surface area contributed by atoms with Crippen LogP contribution in [0.1, 0.15) is 10.6 Å². The highest BCUT2D eigenvalue weighted by atomic mass is 16.5. The van der Waals surface area contributed by atoms with E-state index in [4.69, 9.17) is 9.15 Å². The fourth-order valence-corrected chi connectivity index (χ4v) is 2.61. The predicted octanol–water partition coefficient (Wildman–Crippen LogP) is -0.448. The Morgan fingerprint density at radius 3 is 2.57 bits per heavy atom. The van der Waals surface area contributed by atoms with Gasteiger partial charge < -0.3 is 24.3 Å². The van der Waals surface area contributed by atoms with E-state index in [9.17, 15) is 9.59 Å². The third-order valence-corrected chi connectivity index (χ3v) is 3.81. The summed E-state index contributed by atoms with van der Waals surface area (Å²) < 4.78 is 10.6. The molecule has 1 N–H and O–H groups in total. The topological polar surface area (TPSA) is 75.0 Å². The quantitative estimate of drug-likeness (QED) is 0.799. The third-order valence-electron chi connectivity index (χ3n) is 3.81. The highest BCUT2D eigenvalue weighted by molar-refractivity contribution is 5.91.